The quantitative estimate of drug-likeness (QED) is 0.568. The van der Waals surface area contributed by atoms with Gasteiger partial charge >= 0.3 is 5.97 Å². The molecule has 2 aromatic heterocycles. The maximum absolute atomic E-state index is 13.1. The monoisotopic (exact) mass is 377 g/mol. The molecule has 2 aromatic carbocycles. The molecule has 1 amide bonds. The Balaban J connectivity index is 1.87. The summed E-state index contributed by atoms with van der Waals surface area (Å²) in [6, 6.07) is 14.2. The predicted molar refractivity (Wildman–Crippen MR) is 101 cm³/mol. The first-order valence-electron chi connectivity index (χ1n) is 8.13. The van der Waals surface area contributed by atoms with Crippen LogP contribution in [0.3, 0.4) is 0 Å². The Bertz CT molecular complexity index is 1390. The number of aromatic nitrogens is 2. The molecule has 1 aliphatic heterocycles. The average Bonchev–Trinajstić information content (AvgIpc) is 3.25. The van der Waals surface area contributed by atoms with Crippen molar-refractivity contribution in [3.8, 4) is 0 Å². The third kappa shape index (κ3) is 2.13. The molecule has 27 heavy (non-hydrogen) atoms. The summed E-state index contributed by atoms with van der Waals surface area (Å²) >= 11 is 1.14. The summed E-state index contributed by atoms with van der Waals surface area (Å²) in [4.78, 5) is 43.4. The van der Waals surface area contributed by atoms with E-state index in [1.807, 2.05) is 18.2 Å². The SMILES string of the molecule is O=C(O)CN1C(=O)/C(=c2\sc3nc4ccccc4n3c2=O)c2ccccc21. The van der Waals surface area contributed by atoms with Crippen LogP contribution in [0.1, 0.15) is 5.56 Å². The fourth-order valence-corrected chi connectivity index (χ4v) is 4.53. The average molecular weight is 377 g/mol. The fourth-order valence-electron chi connectivity index (χ4n) is 3.45. The molecular formula is C19H11N3O4S. The third-order valence-electron chi connectivity index (χ3n) is 4.56. The standard InChI is InChI=1S/C19H11N3O4S/c23-14(24)9-21-12-7-3-1-5-10(12)15(17(21)25)16-18(26)22-13-8-4-2-6-11(13)20-19(22)27-16/h1-8H,9H2,(H,23,24)/b16-15-. The van der Waals surface area contributed by atoms with E-state index >= 15 is 0 Å². The first-order chi connectivity index (χ1) is 13.1. The molecule has 0 saturated heterocycles. The van der Waals surface area contributed by atoms with Crippen LogP contribution >= 0.6 is 11.3 Å². The Morgan fingerprint density at radius 2 is 1.81 bits per heavy atom. The number of carboxylic acids is 1. The molecule has 3 heterocycles. The van der Waals surface area contributed by atoms with Crippen molar-refractivity contribution in [3.05, 3.63) is 69.0 Å². The minimum absolute atomic E-state index is 0.233. The molecule has 0 bridgehead atoms. The maximum Gasteiger partial charge on any atom is 0.323 e. The van der Waals surface area contributed by atoms with Gasteiger partial charge in [0.15, 0.2) is 4.96 Å². The number of hydrogen-bond donors (Lipinski definition) is 1. The number of fused-ring (bicyclic) bond motifs is 4. The van der Waals surface area contributed by atoms with Gasteiger partial charge in [0.05, 0.1) is 22.3 Å². The third-order valence-corrected chi connectivity index (χ3v) is 5.60. The van der Waals surface area contributed by atoms with Crippen molar-refractivity contribution >= 4 is 50.5 Å². The highest BCUT2D eigenvalue weighted by Gasteiger charge is 2.35. The number of benzene rings is 2. The summed E-state index contributed by atoms with van der Waals surface area (Å²) in [5, 5.41) is 9.15. The van der Waals surface area contributed by atoms with Crippen molar-refractivity contribution in [2.45, 2.75) is 0 Å². The normalized spacial score (nSPS) is 15.7. The number of aliphatic carboxylic acids is 1. The van der Waals surface area contributed by atoms with E-state index in [1.54, 1.807) is 30.3 Å². The van der Waals surface area contributed by atoms with Gasteiger partial charge < -0.3 is 5.11 Å². The summed E-state index contributed by atoms with van der Waals surface area (Å²) in [5.74, 6) is -1.60. The Labute approximate surface area is 155 Å². The van der Waals surface area contributed by atoms with E-state index in [0.29, 0.717) is 27.2 Å². The minimum Gasteiger partial charge on any atom is -0.480 e. The van der Waals surface area contributed by atoms with Crippen molar-refractivity contribution in [1.82, 2.24) is 9.38 Å². The minimum atomic E-state index is -1.12. The molecule has 0 fully saturated rings. The van der Waals surface area contributed by atoms with Crippen LogP contribution in [0.15, 0.2) is 53.3 Å². The first-order valence-corrected chi connectivity index (χ1v) is 8.95. The van der Waals surface area contributed by atoms with Gasteiger partial charge in [-0.25, -0.2) is 9.38 Å². The van der Waals surface area contributed by atoms with Crippen LogP contribution in [0.5, 0.6) is 0 Å². The number of amides is 1. The van der Waals surface area contributed by atoms with Crippen LogP contribution in [-0.2, 0) is 9.59 Å². The number of anilines is 1. The number of carbonyl (C=O) groups excluding carboxylic acids is 1. The zero-order valence-electron chi connectivity index (χ0n) is 13.7. The maximum atomic E-state index is 13.1. The summed E-state index contributed by atoms with van der Waals surface area (Å²) in [6.45, 7) is -0.459. The number of carboxylic acid groups (broad SMARTS) is 1. The van der Waals surface area contributed by atoms with E-state index in [9.17, 15) is 14.4 Å². The molecule has 0 spiro atoms. The molecule has 8 heteroatoms. The molecule has 1 N–H and O–H groups in total. The molecule has 7 nitrogen and oxygen atoms in total. The van der Waals surface area contributed by atoms with Gasteiger partial charge in [-0.05, 0) is 18.2 Å². The van der Waals surface area contributed by atoms with Crippen LogP contribution in [-0.4, -0.2) is 32.9 Å². The molecule has 0 radical (unpaired) electrons. The zero-order chi connectivity index (χ0) is 18.7. The Morgan fingerprint density at radius 3 is 2.63 bits per heavy atom. The molecule has 5 rings (SSSR count). The fraction of sp³-hybridized carbons (Fsp3) is 0.0526. The lowest BCUT2D eigenvalue weighted by Crippen LogP contribution is -2.35. The van der Waals surface area contributed by atoms with E-state index in [0.717, 1.165) is 11.3 Å². The number of rotatable bonds is 2. The smallest absolute Gasteiger partial charge is 0.323 e. The Morgan fingerprint density at radius 1 is 1.07 bits per heavy atom. The highest BCUT2D eigenvalue weighted by atomic mass is 32.1. The molecule has 0 saturated carbocycles. The highest BCUT2D eigenvalue weighted by molar-refractivity contribution is 7.15. The molecule has 0 atom stereocenters. The summed E-state index contributed by atoms with van der Waals surface area (Å²) in [6.07, 6.45) is 0. The van der Waals surface area contributed by atoms with E-state index < -0.39 is 18.4 Å². The second kappa shape index (κ2) is 5.49. The first kappa shape index (κ1) is 15.7. The van der Waals surface area contributed by atoms with E-state index in [2.05, 4.69) is 4.98 Å². The van der Waals surface area contributed by atoms with Crippen molar-refractivity contribution in [1.29, 1.82) is 0 Å². The lowest BCUT2D eigenvalue weighted by molar-refractivity contribution is -0.136. The topological polar surface area (TPSA) is 92.0 Å². The van der Waals surface area contributed by atoms with Gasteiger partial charge in [-0.2, -0.15) is 0 Å². The van der Waals surface area contributed by atoms with Crippen molar-refractivity contribution in [2.75, 3.05) is 11.4 Å². The summed E-state index contributed by atoms with van der Waals surface area (Å²) < 4.78 is 1.77. The van der Waals surface area contributed by atoms with Crippen LogP contribution in [0.2, 0.25) is 0 Å². The number of hydrogen-bond acceptors (Lipinski definition) is 5. The Hall–Kier alpha value is -3.52. The second-order valence-corrected chi connectivity index (χ2v) is 7.11. The summed E-state index contributed by atoms with van der Waals surface area (Å²) in [5.41, 5.74) is 2.37. The predicted octanol–water partition coefficient (Wildman–Crippen LogP) is 1.26. The largest absolute Gasteiger partial charge is 0.480 e. The van der Waals surface area contributed by atoms with Crippen molar-refractivity contribution < 1.29 is 14.7 Å². The molecule has 0 aliphatic carbocycles. The van der Waals surface area contributed by atoms with Gasteiger partial charge in [0.1, 0.15) is 11.1 Å². The van der Waals surface area contributed by atoms with Gasteiger partial charge in [0.25, 0.3) is 11.5 Å². The summed E-state index contributed by atoms with van der Waals surface area (Å²) in [7, 11) is 0. The second-order valence-electron chi connectivity index (χ2n) is 6.13. The van der Waals surface area contributed by atoms with Crippen LogP contribution in [0.25, 0.3) is 21.6 Å². The molecule has 0 unspecified atom stereocenters. The van der Waals surface area contributed by atoms with Gasteiger partial charge in [0.2, 0.25) is 0 Å². The van der Waals surface area contributed by atoms with Crippen LogP contribution < -0.4 is 15.0 Å². The molecule has 4 aromatic rings. The highest BCUT2D eigenvalue weighted by Crippen LogP contribution is 2.35. The molecular weight excluding hydrogens is 366 g/mol. The zero-order valence-corrected chi connectivity index (χ0v) is 14.6. The van der Waals surface area contributed by atoms with E-state index in [4.69, 9.17) is 5.11 Å². The lowest BCUT2D eigenvalue weighted by atomic mass is 10.1. The van der Waals surface area contributed by atoms with Gasteiger partial charge in [-0.1, -0.05) is 41.7 Å². The van der Waals surface area contributed by atoms with E-state index in [1.165, 1.54) is 9.30 Å². The molecule has 132 valence electrons. The van der Waals surface area contributed by atoms with Crippen molar-refractivity contribution in [3.63, 3.8) is 0 Å². The van der Waals surface area contributed by atoms with Crippen LogP contribution in [0.4, 0.5) is 5.69 Å². The number of para-hydroxylation sites is 3. The Kier molecular flexibility index (Phi) is 3.19. The molecule has 1 aliphatic rings. The van der Waals surface area contributed by atoms with Gasteiger partial charge in [-0.15, -0.1) is 0 Å². The van der Waals surface area contributed by atoms with Gasteiger partial charge in [0, 0.05) is 5.56 Å². The number of carbonyl (C=O) groups is 2. The van der Waals surface area contributed by atoms with Crippen LogP contribution in [0, 0.1) is 0 Å². The van der Waals surface area contributed by atoms with Gasteiger partial charge in [-0.3, -0.25) is 19.3 Å². The number of thiazole rings is 1. The van der Waals surface area contributed by atoms with Crippen molar-refractivity contribution in [2.24, 2.45) is 0 Å². The van der Waals surface area contributed by atoms with E-state index in [-0.39, 0.29) is 15.7 Å². The lowest BCUT2D eigenvalue weighted by Gasteiger charge is -2.13. The number of nitrogens with zero attached hydrogens (tertiary/aromatic N) is 3. The number of imidazole rings is 1.